The fourth-order valence-electron chi connectivity index (χ4n) is 3.74. The largest absolute Gasteiger partial charge is 0.461 e. The number of carbonyl (C=O) groups is 1. The van der Waals surface area contributed by atoms with Gasteiger partial charge < -0.3 is 24.1 Å². The maximum Gasteiger partial charge on any atom is 0.317 e. The first-order valence-electron chi connectivity index (χ1n) is 10.5. The molecule has 34 heavy (non-hydrogen) atoms. The molecule has 6 atom stereocenters. The van der Waals surface area contributed by atoms with Crippen LogP contribution in [0.4, 0.5) is 0 Å². The molecule has 11 heteroatoms. The van der Waals surface area contributed by atoms with Gasteiger partial charge in [-0.1, -0.05) is 95.5 Å². The summed E-state index contributed by atoms with van der Waals surface area (Å²) >= 11 is 17.1. The quantitative estimate of drug-likeness (QED) is 0.248. The van der Waals surface area contributed by atoms with Crippen molar-refractivity contribution < 1.29 is 38.6 Å². The molecule has 2 fully saturated rings. The molecule has 8 nitrogen and oxygen atoms in total. The molecule has 2 aliphatic heterocycles. The molecule has 0 aromatic heterocycles. The summed E-state index contributed by atoms with van der Waals surface area (Å²) in [4.78, 5) is 24.0. The number of benzene rings is 2. The first kappa shape index (κ1) is 25.6. The molecule has 2 aromatic carbocycles. The van der Waals surface area contributed by atoms with Gasteiger partial charge in [0, 0.05) is 5.56 Å². The highest BCUT2D eigenvalue weighted by Crippen LogP contribution is 2.38. The van der Waals surface area contributed by atoms with E-state index in [1.807, 2.05) is 60.7 Å². The molecule has 2 heterocycles. The van der Waals surface area contributed by atoms with Crippen LogP contribution in [0, 0.1) is 5.92 Å². The van der Waals surface area contributed by atoms with E-state index in [0.717, 1.165) is 11.1 Å². The lowest BCUT2D eigenvalue weighted by atomic mass is 9.90. The molecule has 0 radical (unpaired) electrons. The molecule has 0 bridgehead atoms. The van der Waals surface area contributed by atoms with Crippen molar-refractivity contribution in [3.05, 3.63) is 71.8 Å². The van der Waals surface area contributed by atoms with Crippen molar-refractivity contribution in [2.75, 3.05) is 13.2 Å². The minimum Gasteiger partial charge on any atom is -0.461 e. The zero-order chi connectivity index (χ0) is 24.1. The molecule has 0 saturated carbocycles. The van der Waals surface area contributed by atoms with Crippen LogP contribution in [0.1, 0.15) is 17.4 Å². The van der Waals surface area contributed by atoms with Crippen LogP contribution in [0.25, 0.3) is 0 Å². The van der Waals surface area contributed by atoms with Crippen molar-refractivity contribution in [1.82, 2.24) is 0 Å². The maximum atomic E-state index is 12.9. The lowest BCUT2D eigenvalue weighted by Gasteiger charge is -2.46. The maximum absolute atomic E-state index is 12.9. The van der Waals surface area contributed by atoms with E-state index in [2.05, 4.69) is 0 Å². The van der Waals surface area contributed by atoms with E-state index in [4.69, 9.17) is 63.5 Å². The van der Waals surface area contributed by atoms with E-state index in [0.29, 0.717) is 0 Å². The lowest BCUT2D eigenvalue weighted by Crippen LogP contribution is -2.62. The van der Waals surface area contributed by atoms with E-state index in [9.17, 15) is 9.90 Å². The average Bonchev–Trinajstić information content (AvgIpc) is 2.83. The van der Waals surface area contributed by atoms with Crippen molar-refractivity contribution in [2.45, 2.75) is 41.3 Å². The van der Waals surface area contributed by atoms with E-state index in [1.165, 1.54) is 0 Å². The summed E-state index contributed by atoms with van der Waals surface area (Å²) in [6.45, 7) is -0.335. The zero-order valence-corrected chi connectivity index (χ0v) is 20.1. The van der Waals surface area contributed by atoms with Crippen molar-refractivity contribution >= 4 is 40.8 Å². The molecular weight excluding hydrogens is 511 g/mol. The summed E-state index contributed by atoms with van der Waals surface area (Å²) in [5.74, 6) is -2.23. The Balaban J connectivity index is 1.53. The highest BCUT2D eigenvalue weighted by atomic mass is 35.6. The number of halogens is 3. The third-order valence-corrected chi connectivity index (χ3v) is 5.66. The molecule has 1 N–H and O–H groups in total. The second-order valence-corrected chi connectivity index (χ2v) is 10.3. The number of hydrogen-bond donors (Lipinski definition) is 1. The number of aliphatic hydroxyl groups excluding tert-OH is 1. The monoisotopic (exact) mass is 532 g/mol. The van der Waals surface area contributed by atoms with Crippen molar-refractivity contribution in [1.29, 1.82) is 0 Å². The van der Waals surface area contributed by atoms with Gasteiger partial charge >= 0.3 is 5.97 Å². The first-order chi connectivity index (χ1) is 16.3. The van der Waals surface area contributed by atoms with Gasteiger partial charge in [0.1, 0.15) is 37.4 Å². The number of esters is 1. The smallest absolute Gasteiger partial charge is 0.317 e. The predicted octanol–water partition coefficient (Wildman–Crippen LogP) is 3.86. The van der Waals surface area contributed by atoms with E-state index in [-0.39, 0.29) is 13.2 Å². The second kappa shape index (κ2) is 11.5. The van der Waals surface area contributed by atoms with Crippen LogP contribution < -0.4 is 0 Å². The van der Waals surface area contributed by atoms with Gasteiger partial charge in [0.25, 0.3) is 0 Å². The van der Waals surface area contributed by atoms with Crippen LogP contribution in [0.2, 0.25) is 0 Å². The van der Waals surface area contributed by atoms with Gasteiger partial charge in [0.05, 0.1) is 6.61 Å². The Morgan fingerprint density at radius 2 is 1.71 bits per heavy atom. The van der Waals surface area contributed by atoms with Gasteiger partial charge in [-0.05, 0) is 5.56 Å². The average molecular weight is 534 g/mol. The van der Waals surface area contributed by atoms with Crippen molar-refractivity contribution in [3.63, 3.8) is 0 Å². The lowest BCUT2D eigenvalue weighted by molar-refractivity contribution is -0.416. The Bertz CT molecular complexity index is 927. The molecule has 0 aliphatic carbocycles. The van der Waals surface area contributed by atoms with Gasteiger partial charge in [-0.25, -0.2) is 9.78 Å². The van der Waals surface area contributed by atoms with Crippen LogP contribution in [0.5, 0.6) is 0 Å². The summed E-state index contributed by atoms with van der Waals surface area (Å²) in [5, 5.41) is 10.6. The summed E-state index contributed by atoms with van der Waals surface area (Å²) in [6.07, 6.45) is -4.98. The van der Waals surface area contributed by atoms with Crippen molar-refractivity contribution in [2.24, 2.45) is 5.92 Å². The molecule has 2 saturated heterocycles. The Kier molecular flexibility index (Phi) is 8.68. The molecule has 4 rings (SSSR count). The number of carbonyl (C=O) groups excluding carboxylic acids is 1. The van der Waals surface area contributed by atoms with Crippen LogP contribution in [-0.4, -0.2) is 52.7 Å². The highest BCUT2D eigenvalue weighted by molar-refractivity contribution is 6.67. The molecule has 0 spiro atoms. The van der Waals surface area contributed by atoms with Crippen LogP contribution in [0.3, 0.4) is 0 Å². The second-order valence-electron chi connectivity index (χ2n) is 7.80. The van der Waals surface area contributed by atoms with Gasteiger partial charge in [-0.15, -0.1) is 0 Å². The zero-order valence-electron chi connectivity index (χ0n) is 17.8. The third kappa shape index (κ3) is 6.60. The SMILES string of the molecule is O=C(OCC(Cl)(Cl)Cl)[C@H]1C(O)O[C@@H]2COC(c3ccccc3)O[C@H]2[C@@H]1OOCc1ccccc1. The van der Waals surface area contributed by atoms with Gasteiger partial charge in [-0.2, -0.15) is 0 Å². The number of rotatable bonds is 7. The molecule has 2 aromatic rings. The fraction of sp³-hybridized carbons (Fsp3) is 0.435. The minimum atomic E-state index is -1.83. The fourth-order valence-corrected chi connectivity index (χ4v) is 3.90. The number of alkyl halides is 3. The molecule has 0 amide bonds. The van der Waals surface area contributed by atoms with Gasteiger partial charge in [0.2, 0.25) is 3.79 Å². The van der Waals surface area contributed by atoms with Gasteiger partial charge in [-0.3, -0.25) is 4.79 Å². The van der Waals surface area contributed by atoms with E-state index < -0.39 is 53.2 Å². The normalized spacial score (nSPS) is 29.3. The Morgan fingerprint density at radius 1 is 1.03 bits per heavy atom. The molecule has 2 unspecified atom stereocenters. The standard InChI is InChI=1S/C23H23Cl3O8/c24-23(25,26)13-30-20(27)17-19(34-31-11-14-7-3-1-4-8-14)18-16(32-21(17)28)12-29-22(33-18)15-9-5-2-6-10-15/h1-10,16-19,21-22,28H,11-13H2/t16-,17+,18-,19-,21?,22?/m1/s1. The molecule has 2 aliphatic rings. The van der Waals surface area contributed by atoms with E-state index in [1.54, 1.807) is 0 Å². The van der Waals surface area contributed by atoms with Crippen LogP contribution in [-0.2, 0) is 40.1 Å². The number of hydrogen-bond acceptors (Lipinski definition) is 8. The summed E-state index contributed by atoms with van der Waals surface area (Å²) in [5.41, 5.74) is 1.61. The molecule has 184 valence electrons. The third-order valence-electron chi connectivity index (χ3n) is 5.33. The minimum absolute atomic E-state index is 0.0930. The topological polar surface area (TPSA) is 92.7 Å². The Morgan fingerprint density at radius 3 is 2.38 bits per heavy atom. The van der Waals surface area contributed by atoms with Gasteiger partial charge in [0.15, 0.2) is 12.6 Å². The number of ether oxygens (including phenoxy) is 4. The Hall–Kier alpha value is -1.46. The van der Waals surface area contributed by atoms with Crippen LogP contribution in [0.15, 0.2) is 60.7 Å². The number of fused-ring (bicyclic) bond motifs is 1. The summed E-state index contributed by atoms with van der Waals surface area (Å²) in [7, 11) is 0. The summed E-state index contributed by atoms with van der Waals surface area (Å²) < 4.78 is 20.8. The first-order valence-corrected chi connectivity index (χ1v) is 11.7. The summed E-state index contributed by atoms with van der Waals surface area (Å²) in [6, 6.07) is 18.6. The van der Waals surface area contributed by atoms with E-state index >= 15 is 0 Å². The highest BCUT2D eigenvalue weighted by Gasteiger charge is 2.54. The predicted molar refractivity (Wildman–Crippen MR) is 122 cm³/mol. The van der Waals surface area contributed by atoms with Crippen LogP contribution >= 0.6 is 34.8 Å². The number of aliphatic hydroxyl groups is 1. The van der Waals surface area contributed by atoms with Crippen molar-refractivity contribution in [3.8, 4) is 0 Å². The molecular formula is C23H23Cl3O8. The Labute approximate surface area is 211 Å².